The molecule has 0 aromatic heterocycles. The van der Waals surface area contributed by atoms with Gasteiger partial charge in [0.1, 0.15) is 5.56 Å². The Labute approximate surface area is 158 Å². The lowest BCUT2D eigenvalue weighted by molar-refractivity contribution is 0.0690. The van der Waals surface area contributed by atoms with E-state index in [9.17, 15) is 19.5 Å². The minimum absolute atomic E-state index is 0.0284. The van der Waals surface area contributed by atoms with Gasteiger partial charge in [-0.1, -0.05) is 45.6 Å². The minimum atomic E-state index is -1.36. The van der Waals surface area contributed by atoms with E-state index in [4.69, 9.17) is 14.2 Å². The number of carbonyl (C=O) groups excluding carboxylic acids is 2. The van der Waals surface area contributed by atoms with Crippen molar-refractivity contribution < 1.29 is 33.7 Å². The Morgan fingerprint density at radius 2 is 1.59 bits per heavy atom. The average Bonchev–Trinajstić information content (AvgIpc) is 2.62. The number of benzene rings is 1. The van der Waals surface area contributed by atoms with Crippen LogP contribution in [0.5, 0.6) is 5.75 Å². The van der Waals surface area contributed by atoms with Crippen LogP contribution in [0.1, 0.15) is 62.7 Å². The first kappa shape index (κ1) is 22.3. The zero-order valence-corrected chi connectivity index (χ0v) is 15.8. The van der Waals surface area contributed by atoms with E-state index >= 15 is 0 Å². The summed E-state index contributed by atoms with van der Waals surface area (Å²) in [5.41, 5.74) is -0.382. The van der Waals surface area contributed by atoms with Gasteiger partial charge in [0, 0.05) is 0 Å². The van der Waals surface area contributed by atoms with Gasteiger partial charge in [0.05, 0.1) is 18.9 Å². The summed E-state index contributed by atoms with van der Waals surface area (Å²) in [7, 11) is 0. The van der Waals surface area contributed by atoms with Crippen LogP contribution < -0.4 is 10.1 Å². The molecule has 8 heteroatoms. The quantitative estimate of drug-likeness (QED) is 0.321. The number of amides is 1. The summed E-state index contributed by atoms with van der Waals surface area (Å²) in [4.78, 5) is 35.1. The maximum absolute atomic E-state index is 11.8. The maximum Gasteiger partial charge on any atom is 0.513 e. The zero-order chi connectivity index (χ0) is 20.1. The highest BCUT2D eigenvalue weighted by atomic mass is 16.7. The summed E-state index contributed by atoms with van der Waals surface area (Å²) < 4.78 is 14.9. The summed E-state index contributed by atoms with van der Waals surface area (Å²) in [5, 5.41) is 11.8. The van der Waals surface area contributed by atoms with Crippen LogP contribution in [0, 0.1) is 0 Å². The maximum atomic E-state index is 11.8. The molecule has 8 nitrogen and oxygen atoms in total. The molecule has 0 bridgehead atoms. The van der Waals surface area contributed by atoms with Gasteiger partial charge in [0.2, 0.25) is 0 Å². The number of rotatable bonds is 11. The van der Waals surface area contributed by atoms with Crippen LogP contribution >= 0.6 is 0 Å². The summed E-state index contributed by atoms with van der Waals surface area (Å²) in [6.07, 6.45) is 3.46. The van der Waals surface area contributed by atoms with Gasteiger partial charge in [-0.05, 0) is 25.0 Å². The van der Waals surface area contributed by atoms with Gasteiger partial charge in [0.25, 0.3) is 0 Å². The number of carbonyl (C=O) groups is 3. The number of aromatic carboxylic acids is 1. The molecule has 150 valence electrons. The number of anilines is 1. The van der Waals surface area contributed by atoms with Crippen LogP contribution in [-0.2, 0) is 9.47 Å². The first-order chi connectivity index (χ1) is 13.0. The van der Waals surface area contributed by atoms with Gasteiger partial charge in [0.15, 0.2) is 5.75 Å². The van der Waals surface area contributed by atoms with Crippen molar-refractivity contribution in [2.24, 2.45) is 0 Å². The van der Waals surface area contributed by atoms with Crippen molar-refractivity contribution >= 4 is 23.9 Å². The molecule has 1 aromatic carbocycles. The van der Waals surface area contributed by atoms with Crippen LogP contribution in [0.4, 0.5) is 15.3 Å². The van der Waals surface area contributed by atoms with Crippen molar-refractivity contribution in [1.82, 2.24) is 0 Å². The van der Waals surface area contributed by atoms with E-state index in [1.54, 1.807) is 0 Å². The molecule has 0 atom stereocenters. The third-order valence-corrected chi connectivity index (χ3v) is 3.62. The van der Waals surface area contributed by atoms with Crippen LogP contribution in [0.3, 0.4) is 0 Å². The highest BCUT2D eigenvalue weighted by molar-refractivity contribution is 6.01. The van der Waals surface area contributed by atoms with Gasteiger partial charge < -0.3 is 19.3 Å². The summed E-state index contributed by atoms with van der Waals surface area (Å²) in [5.74, 6) is -1.57. The fraction of sp³-hybridized carbons (Fsp3) is 0.526. The van der Waals surface area contributed by atoms with E-state index in [0.717, 1.165) is 32.1 Å². The van der Waals surface area contributed by atoms with E-state index < -0.39 is 18.2 Å². The molecule has 0 heterocycles. The summed E-state index contributed by atoms with van der Waals surface area (Å²) in [6.45, 7) is 4.48. The monoisotopic (exact) mass is 381 g/mol. The third-order valence-electron chi connectivity index (χ3n) is 3.62. The molecule has 0 spiro atoms. The number of hydrogen-bond acceptors (Lipinski definition) is 6. The van der Waals surface area contributed by atoms with Gasteiger partial charge in [-0.2, -0.15) is 0 Å². The highest BCUT2D eigenvalue weighted by Gasteiger charge is 2.21. The van der Waals surface area contributed by atoms with Gasteiger partial charge in [-0.3, -0.25) is 5.32 Å². The Bertz CT molecular complexity index is 586. The smallest absolute Gasteiger partial charge is 0.477 e. The number of ether oxygens (including phenoxy) is 3. The van der Waals surface area contributed by atoms with Crippen molar-refractivity contribution in [3.8, 4) is 5.75 Å². The third kappa shape index (κ3) is 8.44. The minimum Gasteiger partial charge on any atom is -0.477 e. The second-order valence-electron chi connectivity index (χ2n) is 5.86. The van der Waals surface area contributed by atoms with E-state index in [1.807, 2.05) is 13.8 Å². The van der Waals surface area contributed by atoms with Crippen molar-refractivity contribution in [3.05, 3.63) is 23.8 Å². The molecule has 0 radical (unpaired) electrons. The van der Waals surface area contributed by atoms with Crippen LogP contribution in [0.25, 0.3) is 0 Å². The molecular weight excluding hydrogens is 354 g/mol. The number of nitrogens with one attached hydrogen (secondary N) is 1. The number of carboxylic acid groups (broad SMARTS) is 1. The summed E-state index contributed by atoms with van der Waals surface area (Å²) in [6, 6.07) is 4.16. The standard InChI is InChI=1S/C19H27NO7/c1-3-5-7-12-25-18(23)20-14-10-9-11-15(16(14)17(21)22)27-19(24)26-13-8-6-4-2/h9-11H,3-8,12-13H2,1-2H3,(H,20,23)(H,21,22). The molecule has 1 amide bonds. The number of unbranched alkanes of at least 4 members (excludes halogenated alkanes) is 4. The van der Waals surface area contributed by atoms with Gasteiger partial charge in [-0.25, -0.2) is 14.4 Å². The molecule has 27 heavy (non-hydrogen) atoms. The number of hydrogen-bond donors (Lipinski definition) is 2. The van der Waals surface area contributed by atoms with Crippen molar-refractivity contribution in [2.75, 3.05) is 18.5 Å². The molecule has 1 aromatic rings. The first-order valence-corrected chi connectivity index (χ1v) is 9.14. The fourth-order valence-electron chi connectivity index (χ4n) is 2.23. The normalized spacial score (nSPS) is 10.1. The van der Waals surface area contributed by atoms with E-state index in [1.165, 1.54) is 18.2 Å². The van der Waals surface area contributed by atoms with Gasteiger partial charge >= 0.3 is 18.2 Å². The van der Waals surface area contributed by atoms with Crippen molar-refractivity contribution in [1.29, 1.82) is 0 Å². The Kier molecular flexibility index (Phi) is 10.4. The van der Waals surface area contributed by atoms with Gasteiger partial charge in [-0.15, -0.1) is 0 Å². The second-order valence-corrected chi connectivity index (χ2v) is 5.86. The lowest BCUT2D eigenvalue weighted by atomic mass is 10.1. The molecule has 0 unspecified atom stereocenters. The molecule has 0 aliphatic carbocycles. The second kappa shape index (κ2) is 12.6. The molecular formula is C19H27NO7. The van der Waals surface area contributed by atoms with E-state index in [2.05, 4.69) is 5.32 Å². The SMILES string of the molecule is CCCCCOC(=O)Nc1cccc(OC(=O)OCCCCC)c1C(=O)O. The molecule has 0 saturated carbocycles. The van der Waals surface area contributed by atoms with Crippen molar-refractivity contribution in [2.45, 2.75) is 52.4 Å². The Balaban J connectivity index is 2.74. The van der Waals surface area contributed by atoms with E-state index in [0.29, 0.717) is 6.42 Å². The Morgan fingerprint density at radius 3 is 2.19 bits per heavy atom. The molecule has 0 saturated heterocycles. The average molecular weight is 381 g/mol. The Morgan fingerprint density at radius 1 is 0.963 bits per heavy atom. The molecule has 0 aliphatic rings. The Hall–Kier alpha value is -2.77. The van der Waals surface area contributed by atoms with Crippen LogP contribution in [-0.4, -0.2) is 36.5 Å². The van der Waals surface area contributed by atoms with E-state index in [-0.39, 0.29) is 30.2 Å². The fourth-order valence-corrected chi connectivity index (χ4v) is 2.23. The van der Waals surface area contributed by atoms with Crippen LogP contribution in [0.2, 0.25) is 0 Å². The van der Waals surface area contributed by atoms with Crippen molar-refractivity contribution in [3.63, 3.8) is 0 Å². The zero-order valence-electron chi connectivity index (χ0n) is 15.8. The summed E-state index contributed by atoms with van der Waals surface area (Å²) >= 11 is 0. The molecule has 0 aliphatic heterocycles. The highest BCUT2D eigenvalue weighted by Crippen LogP contribution is 2.27. The first-order valence-electron chi connectivity index (χ1n) is 9.14. The topological polar surface area (TPSA) is 111 Å². The predicted molar refractivity (Wildman–Crippen MR) is 99.4 cm³/mol. The lowest BCUT2D eigenvalue weighted by Crippen LogP contribution is -2.18. The molecule has 1 rings (SSSR count). The van der Waals surface area contributed by atoms with Crippen LogP contribution in [0.15, 0.2) is 18.2 Å². The molecule has 0 fully saturated rings. The molecule has 2 N–H and O–H groups in total. The largest absolute Gasteiger partial charge is 0.513 e. The predicted octanol–water partition coefficient (Wildman–Crippen LogP) is 4.83. The number of carboxylic acids is 1. The lowest BCUT2D eigenvalue weighted by Gasteiger charge is -2.13.